The molecule has 2 rings (SSSR count). The van der Waals surface area contributed by atoms with Crippen molar-refractivity contribution in [3.63, 3.8) is 0 Å². The normalized spacial score (nSPS) is 11.3. The minimum Gasteiger partial charge on any atom is -0.502 e. The molecule has 0 amide bonds. The molecule has 0 aliphatic rings. The number of phenols is 2. The van der Waals surface area contributed by atoms with E-state index < -0.39 is 0 Å². The van der Waals surface area contributed by atoms with Gasteiger partial charge in [-0.2, -0.15) is 0 Å². The van der Waals surface area contributed by atoms with Gasteiger partial charge in [0.25, 0.3) is 0 Å². The number of benzene rings is 2. The molecule has 2 aromatic rings. The predicted octanol–water partition coefficient (Wildman–Crippen LogP) is 18.0. The molecule has 0 saturated carbocycles. The molecular weight excluding hydrogens is 797 g/mol. The standard InChI is InChI=1S/C57H98O7/c1-5-9-13-17-21-25-29-33-37-41-61-51-45-49(46-52(56(51)59)62-42-38-34-30-26-22-18-14-10-6-2)55(58)50-47-53(63-43-39-35-31-27-23-19-15-11-7-3)57(60)54(48-50)64-44-40-36-32-28-24-20-16-12-8-4/h45-48,59-60H,5-44H2,1-4H3. The highest BCUT2D eigenvalue weighted by atomic mass is 16.5. The van der Waals surface area contributed by atoms with Gasteiger partial charge < -0.3 is 29.2 Å². The SMILES string of the molecule is CCCCCCCCCCCOc1cc(C(=O)c2cc(OCCCCCCCCCCC)c(O)c(OCCCCCCCCCCC)c2)cc(OCCCCCCCCCCC)c1O. The molecule has 0 bridgehead atoms. The van der Waals surface area contributed by atoms with Gasteiger partial charge in [-0.15, -0.1) is 0 Å². The molecule has 368 valence electrons. The van der Waals surface area contributed by atoms with Gasteiger partial charge in [0.05, 0.1) is 26.4 Å². The average molecular weight is 895 g/mol. The molecule has 0 fully saturated rings. The molecule has 0 heterocycles. The summed E-state index contributed by atoms with van der Waals surface area (Å²) in [7, 11) is 0. The van der Waals surface area contributed by atoms with Crippen LogP contribution in [0.2, 0.25) is 0 Å². The molecule has 64 heavy (non-hydrogen) atoms. The molecule has 0 aliphatic carbocycles. The summed E-state index contributed by atoms with van der Waals surface area (Å²) in [6.45, 7) is 10.8. The van der Waals surface area contributed by atoms with Gasteiger partial charge in [-0.05, 0) is 49.9 Å². The van der Waals surface area contributed by atoms with Gasteiger partial charge in [-0.25, -0.2) is 0 Å². The van der Waals surface area contributed by atoms with E-state index in [9.17, 15) is 15.0 Å². The Hall–Kier alpha value is -3.09. The smallest absolute Gasteiger partial charge is 0.200 e. The lowest BCUT2D eigenvalue weighted by Crippen LogP contribution is -2.08. The molecule has 0 aromatic heterocycles. The minimum atomic E-state index is -0.276. The lowest BCUT2D eigenvalue weighted by molar-refractivity contribution is 0.103. The van der Waals surface area contributed by atoms with Crippen LogP contribution in [-0.2, 0) is 0 Å². The van der Waals surface area contributed by atoms with Crippen LogP contribution in [0.5, 0.6) is 34.5 Å². The van der Waals surface area contributed by atoms with E-state index in [1.807, 2.05) is 0 Å². The van der Waals surface area contributed by atoms with Gasteiger partial charge in [-0.3, -0.25) is 4.79 Å². The molecule has 7 nitrogen and oxygen atoms in total. The number of hydrogen-bond acceptors (Lipinski definition) is 7. The van der Waals surface area contributed by atoms with Crippen LogP contribution in [0.25, 0.3) is 0 Å². The minimum absolute atomic E-state index is 0.0657. The molecule has 0 spiro atoms. The Morgan fingerprint density at radius 3 is 0.672 bits per heavy atom. The fourth-order valence-electron chi connectivity index (χ4n) is 8.41. The highest BCUT2D eigenvalue weighted by Gasteiger charge is 2.22. The maximum atomic E-state index is 14.5. The van der Waals surface area contributed by atoms with Gasteiger partial charge in [0, 0.05) is 11.1 Å². The zero-order valence-electron chi connectivity index (χ0n) is 42.0. The Bertz CT molecular complexity index is 1210. The Morgan fingerprint density at radius 2 is 0.484 bits per heavy atom. The van der Waals surface area contributed by atoms with E-state index >= 15 is 0 Å². The monoisotopic (exact) mass is 895 g/mol. The molecule has 2 N–H and O–H groups in total. The molecule has 0 atom stereocenters. The van der Waals surface area contributed by atoms with Crippen LogP contribution in [0, 0.1) is 0 Å². The van der Waals surface area contributed by atoms with E-state index in [2.05, 4.69) is 27.7 Å². The fraction of sp³-hybridized carbons (Fsp3) is 0.772. The molecule has 0 radical (unpaired) electrons. The summed E-state index contributed by atoms with van der Waals surface area (Å²) in [5.74, 6) is 0.629. The second-order valence-electron chi connectivity index (χ2n) is 18.7. The molecule has 2 aromatic carbocycles. The maximum Gasteiger partial charge on any atom is 0.200 e. The molecule has 0 saturated heterocycles. The van der Waals surface area contributed by atoms with Crippen LogP contribution >= 0.6 is 0 Å². The van der Waals surface area contributed by atoms with E-state index in [1.54, 1.807) is 24.3 Å². The second kappa shape index (κ2) is 40.2. The zero-order valence-corrected chi connectivity index (χ0v) is 42.0. The van der Waals surface area contributed by atoms with Gasteiger partial charge in [0.2, 0.25) is 11.5 Å². The number of rotatable bonds is 46. The van der Waals surface area contributed by atoms with E-state index in [1.165, 1.54) is 180 Å². The number of phenolic OH excluding ortho intramolecular Hbond substituents is 2. The Kier molecular flexibility index (Phi) is 35.8. The number of ketones is 1. The molecule has 7 heteroatoms. The Morgan fingerprint density at radius 1 is 0.312 bits per heavy atom. The zero-order chi connectivity index (χ0) is 46.1. The molecule has 0 aliphatic heterocycles. The number of carbonyl (C=O) groups is 1. The van der Waals surface area contributed by atoms with Crippen LogP contribution in [0.1, 0.15) is 275 Å². The van der Waals surface area contributed by atoms with Gasteiger partial charge >= 0.3 is 0 Å². The first-order valence-electron chi connectivity index (χ1n) is 27.3. The number of unbranched alkanes of at least 4 members (excludes halogenated alkanes) is 32. The van der Waals surface area contributed by atoms with Gasteiger partial charge in [-0.1, -0.05) is 233 Å². The third-order valence-electron chi connectivity index (χ3n) is 12.6. The van der Waals surface area contributed by atoms with E-state index in [0.717, 1.165) is 51.4 Å². The first-order valence-corrected chi connectivity index (χ1v) is 27.3. The van der Waals surface area contributed by atoms with Crippen molar-refractivity contribution in [2.45, 2.75) is 259 Å². The fourth-order valence-corrected chi connectivity index (χ4v) is 8.41. The lowest BCUT2D eigenvalue weighted by atomic mass is 10.0. The summed E-state index contributed by atoms with van der Waals surface area (Å²) in [5, 5.41) is 22.8. The Labute approximate surface area is 393 Å². The summed E-state index contributed by atoms with van der Waals surface area (Å²) >= 11 is 0. The first kappa shape index (κ1) is 57.0. The third kappa shape index (κ3) is 27.4. The number of ether oxygens (including phenoxy) is 4. The second-order valence-corrected chi connectivity index (χ2v) is 18.7. The molecular formula is C57H98O7. The van der Waals surface area contributed by atoms with Crippen molar-refractivity contribution in [1.29, 1.82) is 0 Å². The van der Waals surface area contributed by atoms with Crippen molar-refractivity contribution in [2.24, 2.45) is 0 Å². The highest BCUT2D eigenvalue weighted by molar-refractivity contribution is 6.10. The lowest BCUT2D eigenvalue weighted by Gasteiger charge is -2.17. The van der Waals surface area contributed by atoms with Crippen LogP contribution in [-0.4, -0.2) is 42.4 Å². The van der Waals surface area contributed by atoms with Crippen LogP contribution in [0.3, 0.4) is 0 Å². The van der Waals surface area contributed by atoms with Crippen molar-refractivity contribution in [3.8, 4) is 34.5 Å². The van der Waals surface area contributed by atoms with Crippen LogP contribution in [0.15, 0.2) is 24.3 Å². The van der Waals surface area contributed by atoms with E-state index in [4.69, 9.17) is 18.9 Å². The van der Waals surface area contributed by atoms with Crippen molar-refractivity contribution in [3.05, 3.63) is 35.4 Å². The maximum absolute atomic E-state index is 14.5. The number of aromatic hydroxyl groups is 2. The third-order valence-corrected chi connectivity index (χ3v) is 12.6. The Balaban J connectivity index is 2.19. The van der Waals surface area contributed by atoms with Crippen molar-refractivity contribution < 1.29 is 34.0 Å². The first-order chi connectivity index (χ1) is 31.5. The van der Waals surface area contributed by atoms with E-state index in [-0.39, 0.29) is 40.3 Å². The van der Waals surface area contributed by atoms with Crippen LogP contribution in [0.4, 0.5) is 0 Å². The topological polar surface area (TPSA) is 94.5 Å². The van der Waals surface area contributed by atoms with Crippen LogP contribution < -0.4 is 18.9 Å². The summed E-state index contributed by atoms with van der Waals surface area (Å²) in [5.41, 5.74) is 0.699. The summed E-state index contributed by atoms with van der Waals surface area (Å²) in [4.78, 5) is 14.5. The summed E-state index contributed by atoms with van der Waals surface area (Å²) < 4.78 is 24.8. The van der Waals surface area contributed by atoms with Crippen molar-refractivity contribution in [2.75, 3.05) is 26.4 Å². The van der Waals surface area contributed by atoms with Gasteiger partial charge in [0.1, 0.15) is 0 Å². The number of carbonyl (C=O) groups excluding carboxylic acids is 1. The summed E-state index contributed by atoms with van der Waals surface area (Å²) in [6.07, 6.45) is 43.3. The number of hydrogen-bond donors (Lipinski definition) is 2. The highest BCUT2D eigenvalue weighted by Crippen LogP contribution is 2.41. The largest absolute Gasteiger partial charge is 0.502 e. The summed E-state index contributed by atoms with van der Waals surface area (Å²) in [6, 6.07) is 6.54. The van der Waals surface area contributed by atoms with Crippen molar-refractivity contribution in [1.82, 2.24) is 0 Å². The van der Waals surface area contributed by atoms with Gasteiger partial charge in [0.15, 0.2) is 28.8 Å². The quantitative estimate of drug-likeness (QED) is 0.0505. The predicted molar refractivity (Wildman–Crippen MR) is 271 cm³/mol. The van der Waals surface area contributed by atoms with Crippen molar-refractivity contribution >= 4 is 5.78 Å². The average Bonchev–Trinajstić information content (AvgIpc) is 3.30. The molecule has 0 unspecified atom stereocenters. The van der Waals surface area contributed by atoms with E-state index in [0.29, 0.717) is 37.6 Å².